The summed E-state index contributed by atoms with van der Waals surface area (Å²) in [6, 6.07) is 0. The summed E-state index contributed by atoms with van der Waals surface area (Å²) < 4.78 is 21.7. The lowest BCUT2D eigenvalue weighted by Crippen LogP contribution is -2.13. The molecule has 0 rings (SSSR count). The molecule has 0 saturated carbocycles. The van der Waals surface area contributed by atoms with Crippen molar-refractivity contribution in [1.82, 2.24) is 0 Å². The third kappa shape index (κ3) is 5.84. The summed E-state index contributed by atoms with van der Waals surface area (Å²) in [4.78, 5) is 9.99. The molecule has 0 aromatic rings. The van der Waals surface area contributed by atoms with Gasteiger partial charge in [0.1, 0.15) is 0 Å². The Kier molecular flexibility index (Phi) is 4.10. The van der Waals surface area contributed by atoms with Gasteiger partial charge >= 0.3 is 5.97 Å². The van der Waals surface area contributed by atoms with E-state index in [-0.39, 0.29) is 17.9 Å². The molecule has 0 saturated heterocycles. The second-order valence-electron chi connectivity index (χ2n) is 2.30. The van der Waals surface area contributed by atoms with Crippen molar-refractivity contribution in [3.63, 3.8) is 0 Å². The van der Waals surface area contributed by atoms with Crippen LogP contribution in [0.25, 0.3) is 0 Å². The lowest BCUT2D eigenvalue weighted by molar-refractivity contribution is -0.136. The van der Waals surface area contributed by atoms with Gasteiger partial charge in [-0.2, -0.15) is 0 Å². The molecule has 0 radical (unpaired) electrons. The first-order valence-electron chi connectivity index (χ1n) is 3.40. The average molecular weight is 180 g/mol. The van der Waals surface area contributed by atoms with Crippen molar-refractivity contribution in [3.05, 3.63) is 0 Å². The van der Waals surface area contributed by atoms with E-state index < -0.39 is 15.8 Å². The van der Waals surface area contributed by atoms with E-state index in [4.69, 9.17) is 5.11 Å². The Morgan fingerprint density at radius 1 is 1.36 bits per heavy atom. The second kappa shape index (κ2) is 4.33. The molecular weight excluding hydrogens is 168 g/mol. The molecule has 5 heteroatoms. The molecule has 0 fully saturated rings. The highest BCUT2D eigenvalue weighted by Gasteiger charge is 2.10. The Hall–Kier alpha value is -0.580. The molecule has 11 heavy (non-hydrogen) atoms. The van der Waals surface area contributed by atoms with Gasteiger partial charge in [-0.15, -0.1) is 0 Å². The van der Waals surface area contributed by atoms with Crippen LogP contribution in [0.5, 0.6) is 0 Å². The first-order chi connectivity index (χ1) is 4.98. The number of carboxylic acid groups (broad SMARTS) is 1. The summed E-state index contributed by atoms with van der Waals surface area (Å²) in [5.41, 5.74) is 0. The molecule has 0 aliphatic carbocycles. The van der Waals surface area contributed by atoms with Gasteiger partial charge in [-0.3, -0.25) is 4.79 Å². The molecule has 0 bridgehead atoms. The van der Waals surface area contributed by atoms with E-state index in [0.717, 1.165) is 0 Å². The van der Waals surface area contributed by atoms with E-state index >= 15 is 0 Å². The van der Waals surface area contributed by atoms with Gasteiger partial charge in [0, 0.05) is 5.75 Å². The van der Waals surface area contributed by atoms with Gasteiger partial charge < -0.3 is 5.11 Å². The first kappa shape index (κ1) is 10.4. The minimum absolute atomic E-state index is 0.0836. The van der Waals surface area contributed by atoms with Crippen molar-refractivity contribution in [3.8, 4) is 0 Å². The van der Waals surface area contributed by atoms with Gasteiger partial charge in [-0.25, -0.2) is 8.42 Å². The van der Waals surface area contributed by atoms with E-state index in [1.807, 2.05) is 0 Å². The van der Waals surface area contributed by atoms with Gasteiger partial charge in [-0.1, -0.05) is 6.92 Å². The van der Waals surface area contributed by atoms with Gasteiger partial charge in [0.05, 0.1) is 12.2 Å². The summed E-state index contributed by atoms with van der Waals surface area (Å²) in [5.74, 6) is -1.22. The van der Waals surface area contributed by atoms with E-state index in [0.29, 0.717) is 6.42 Å². The highest BCUT2D eigenvalue weighted by atomic mass is 32.2. The molecule has 0 heterocycles. The third-order valence-electron chi connectivity index (χ3n) is 1.14. The highest BCUT2D eigenvalue weighted by molar-refractivity contribution is 7.91. The molecule has 66 valence electrons. The number of aliphatic carboxylic acids is 1. The maximum Gasteiger partial charge on any atom is 0.304 e. The van der Waals surface area contributed by atoms with Crippen LogP contribution in [0.3, 0.4) is 0 Å². The standard InChI is InChI=1S/C6H12O4S/c1-2-4-11(9,10)5-3-6(7)8/h2-5H2,1H3,(H,7,8). The van der Waals surface area contributed by atoms with Crippen LogP contribution in [-0.4, -0.2) is 31.0 Å². The van der Waals surface area contributed by atoms with Crippen molar-refractivity contribution >= 4 is 15.8 Å². The molecule has 0 unspecified atom stereocenters. The minimum atomic E-state index is -3.11. The Bertz CT molecular complexity index is 217. The number of hydrogen-bond acceptors (Lipinski definition) is 3. The summed E-state index contributed by atoms with van der Waals surface area (Å²) in [5, 5.41) is 8.18. The molecule has 0 aromatic heterocycles. The Morgan fingerprint density at radius 2 is 1.91 bits per heavy atom. The van der Waals surface area contributed by atoms with E-state index in [9.17, 15) is 13.2 Å². The Balaban J connectivity index is 3.84. The van der Waals surface area contributed by atoms with Crippen LogP contribution < -0.4 is 0 Å². The lowest BCUT2D eigenvalue weighted by Gasteiger charge is -1.98. The average Bonchev–Trinajstić information content (AvgIpc) is 1.84. The topological polar surface area (TPSA) is 71.4 Å². The fourth-order valence-electron chi connectivity index (χ4n) is 0.656. The van der Waals surface area contributed by atoms with Gasteiger partial charge in [0.2, 0.25) is 0 Å². The zero-order valence-corrected chi connectivity index (χ0v) is 7.23. The number of carboxylic acids is 1. The van der Waals surface area contributed by atoms with E-state index in [1.54, 1.807) is 6.92 Å². The number of sulfone groups is 1. The molecule has 0 amide bonds. The van der Waals surface area contributed by atoms with Crippen LogP contribution >= 0.6 is 0 Å². The highest BCUT2D eigenvalue weighted by Crippen LogP contribution is 1.96. The number of hydrogen-bond donors (Lipinski definition) is 1. The Labute approximate surface area is 66.1 Å². The number of carbonyl (C=O) groups is 1. The van der Waals surface area contributed by atoms with Crippen LogP contribution in [0.4, 0.5) is 0 Å². The maximum absolute atomic E-state index is 10.9. The molecule has 0 atom stereocenters. The zero-order valence-electron chi connectivity index (χ0n) is 6.41. The molecule has 1 N–H and O–H groups in total. The van der Waals surface area contributed by atoms with Crippen LogP contribution in [0.1, 0.15) is 19.8 Å². The van der Waals surface area contributed by atoms with Crippen molar-refractivity contribution < 1.29 is 18.3 Å². The quantitative estimate of drug-likeness (QED) is 0.660. The lowest BCUT2D eigenvalue weighted by atomic mass is 10.5. The van der Waals surface area contributed by atoms with Gasteiger partial charge in [0.25, 0.3) is 0 Å². The fourth-order valence-corrected chi connectivity index (χ4v) is 1.97. The SMILES string of the molecule is CCCS(=O)(=O)CCC(=O)O. The summed E-state index contributed by atoms with van der Waals surface area (Å²) in [6.07, 6.45) is 0.254. The molecular formula is C6H12O4S. The third-order valence-corrected chi connectivity index (χ3v) is 3.00. The number of rotatable bonds is 5. The van der Waals surface area contributed by atoms with Gasteiger partial charge in [0.15, 0.2) is 9.84 Å². The molecule has 0 spiro atoms. The molecule has 0 aromatic carbocycles. The molecule has 0 aliphatic heterocycles. The Morgan fingerprint density at radius 3 is 2.27 bits per heavy atom. The fraction of sp³-hybridized carbons (Fsp3) is 0.833. The first-order valence-corrected chi connectivity index (χ1v) is 5.22. The normalized spacial score (nSPS) is 11.4. The summed E-state index contributed by atoms with van der Waals surface area (Å²) in [6.45, 7) is 1.75. The van der Waals surface area contributed by atoms with Crippen molar-refractivity contribution in [2.75, 3.05) is 11.5 Å². The molecule has 4 nitrogen and oxygen atoms in total. The van der Waals surface area contributed by atoms with Crippen LogP contribution in [-0.2, 0) is 14.6 Å². The monoisotopic (exact) mass is 180 g/mol. The van der Waals surface area contributed by atoms with Crippen LogP contribution in [0.2, 0.25) is 0 Å². The van der Waals surface area contributed by atoms with E-state index in [1.165, 1.54) is 0 Å². The van der Waals surface area contributed by atoms with Crippen molar-refractivity contribution in [2.45, 2.75) is 19.8 Å². The maximum atomic E-state index is 10.9. The minimum Gasteiger partial charge on any atom is -0.481 e. The van der Waals surface area contributed by atoms with Crippen LogP contribution in [0.15, 0.2) is 0 Å². The largest absolute Gasteiger partial charge is 0.481 e. The van der Waals surface area contributed by atoms with Crippen molar-refractivity contribution in [1.29, 1.82) is 0 Å². The van der Waals surface area contributed by atoms with Crippen LogP contribution in [0, 0.1) is 0 Å². The zero-order chi connectivity index (χ0) is 8.91. The summed E-state index contributed by atoms with van der Waals surface area (Å²) >= 11 is 0. The smallest absolute Gasteiger partial charge is 0.304 e. The summed E-state index contributed by atoms with van der Waals surface area (Å²) in [7, 11) is -3.11. The predicted molar refractivity (Wildman–Crippen MR) is 41.2 cm³/mol. The predicted octanol–water partition coefficient (Wildman–Crippen LogP) is 0.286. The second-order valence-corrected chi connectivity index (χ2v) is 4.60. The van der Waals surface area contributed by atoms with E-state index in [2.05, 4.69) is 0 Å². The van der Waals surface area contributed by atoms with Crippen molar-refractivity contribution in [2.24, 2.45) is 0 Å². The van der Waals surface area contributed by atoms with Gasteiger partial charge in [-0.05, 0) is 6.42 Å². The molecule has 0 aliphatic rings.